The minimum Gasteiger partial charge on any atom is -0.326 e. The van der Waals surface area contributed by atoms with E-state index in [-0.39, 0.29) is 0 Å². The lowest BCUT2D eigenvalue weighted by Gasteiger charge is -2.11. The van der Waals surface area contributed by atoms with E-state index >= 15 is 0 Å². The Morgan fingerprint density at radius 3 is 2.68 bits per heavy atom. The SMILES string of the molecule is Cc1nc2cnc(Cc3ccnc(-n4cnc(S(C)=O)c4)n3)cc2n1C(C)C. The summed E-state index contributed by atoms with van der Waals surface area (Å²) in [6.07, 6.45) is 8.96. The summed E-state index contributed by atoms with van der Waals surface area (Å²) in [5, 5.41) is 0.499. The van der Waals surface area contributed by atoms with E-state index in [1.807, 2.05) is 19.2 Å². The summed E-state index contributed by atoms with van der Waals surface area (Å²) < 4.78 is 15.4. The topological polar surface area (TPSA) is 91.4 Å². The van der Waals surface area contributed by atoms with Crippen LogP contribution in [-0.4, -0.2) is 44.5 Å². The molecule has 4 aromatic heterocycles. The fourth-order valence-electron chi connectivity index (χ4n) is 3.26. The maximum atomic E-state index is 11.6. The van der Waals surface area contributed by atoms with Gasteiger partial charge in [-0.3, -0.25) is 13.8 Å². The number of rotatable bonds is 5. The summed E-state index contributed by atoms with van der Waals surface area (Å²) in [6.45, 7) is 6.31. The summed E-state index contributed by atoms with van der Waals surface area (Å²) in [7, 11) is -1.14. The minimum atomic E-state index is -1.14. The molecule has 0 aliphatic heterocycles. The third-order valence-corrected chi connectivity index (χ3v) is 5.27. The van der Waals surface area contributed by atoms with Crippen molar-refractivity contribution in [2.45, 2.75) is 38.3 Å². The lowest BCUT2D eigenvalue weighted by molar-refractivity contribution is 0.600. The van der Waals surface area contributed by atoms with Gasteiger partial charge in [-0.05, 0) is 32.9 Å². The van der Waals surface area contributed by atoms with Crippen molar-refractivity contribution < 1.29 is 4.21 Å². The van der Waals surface area contributed by atoms with Gasteiger partial charge in [0.05, 0.1) is 28.2 Å². The molecule has 1 atom stereocenters. The van der Waals surface area contributed by atoms with E-state index in [4.69, 9.17) is 0 Å². The highest BCUT2D eigenvalue weighted by Crippen LogP contribution is 2.21. The van der Waals surface area contributed by atoms with Crippen LogP contribution in [0.1, 0.15) is 37.1 Å². The van der Waals surface area contributed by atoms with Gasteiger partial charge in [-0.15, -0.1) is 0 Å². The second kappa shape index (κ2) is 7.23. The standard InChI is InChI=1S/C19H21N7OS/c1-12(2)26-13(3)23-16-9-21-15(8-17(16)26)7-14-5-6-20-19(24-14)25-10-18(22-11-25)28(4)27/h5-6,8-12H,7H2,1-4H3. The number of hydrogen-bond acceptors (Lipinski definition) is 6. The van der Waals surface area contributed by atoms with Crippen molar-refractivity contribution in [3.63, 3.8) is 0 Å². The van der Waals surface area contributed by atoms with Gasteiger partial charge < -0.3 is 4.57 Å². The first-order chi connectivity index (χ1) is 13.4. The molecule has 0 bridgehead atoms. The molecule has 0 N–H and O–H groups in total. The van der Waals surface area contributed by atoms with Crippen LogP contribution in [0, 0.1) is 6.92 Å². The number of aryl methyl sites for hydroxylation is 1. The average molecular weight is 395 g/mol. The van der Waals surface area contributed by atoms with Crippen molar-refractivity contribution in [3.05, 3.63) is 54.3 Å². The second-order valence-electron chi connectivity index (χ2n) is 6.89. The van der Waals surface area contributed by atoms with Crippen LogP contribution in [0.4, 0.5) is 0 Å². The summed E-state index contributed by atoms with van der Waals surface area (Å²) in [5.74, 6) is 1.48. The highest BCUT2D eigenvalue weighted by Gasteiger charge is 2.12. The van der Waals surface area contributed by atoms with Crippen molar-refractivity contribution in [2.75, 3.05) is 6.26 Å². The predicted molar refractivity (Wildman–Crippen MR) is 107 cm³/mol. The fraction of sp³-hybridized carbons (Fsp3) is 0.316. The molecule has 0 saturated carbocycles. The third kappa shape index (κ3) is 3.45. The summed E-state index contributed by atoms with van der Waals surface area (Å²) >= 11 is 0. The Hall–Kier alpha value is -2.94. The number of nitrogens with zero attached hydrogens (tertiary/aromatic N) is 7. The highest BCUT2D eigenvalue weighted by molar-refractivity contribution is 7.84. The van der Waals surface area contributed by atoms with Gasteiger partial charge in [0.1, 0.15) is 22.7 Å². The molecule has 0 fully saturated rings. The van der Waals surface area contributed by atoms with E-state index in [9.17, 15) is 4.21 Å². The Bertz CT molecular complexity index is 1180. The van der Waals surface area contributed by atoms with Crippen LogP contribution in [0.3, 0.4) is 0 Å². The molecule has 8 nitrogen and oxygen atoms in total. The quantitative estimate of drug-likeness (QED) is 0.516. The maximum Gasteiger partial charge on any atom is 0.235 e. The normalized spacial score (nSPS) is 12.8. The van der Waals surface area contributed by atoms with Gasteiger partial charge in [-0.25, -0.2) is 19.9 Å². The number of pyridine rings is 1. The first kappa shape index (κ1) is 18.4. The van der Waals surface area contributed by atoms with Crippen molar-refractivity contribution in [1.82, 2.24) is 34.1 Å². The average Bonchev–Trinajstić information content (AvgIpc) is 3.26. The minimum absolute atomic E-state index is 0.324. The lowest BCUT2D eigenvalue weighted by atomic mass is 10.2. The Balaban J connectivity index is 1.65. The molecule has 144 valence electrons. The number of imidazole rings is 2. The molecule has 1 unspecified atom stereocenters. The highest BCUT2D eigenvalue weighted by atomic mass is 32.2. The van der Waals surface area contributed by atoms with Crippen LogP contribution >= 0.6 is 0 Å². The summed E-state index contributed by atoms with van der Waals surface area (Å²) in [4.78, 5) is 22.2. The van der Waals surface area contributed by atoms with Crippen LogP contribution in [0.5, 0.6) is 0 Å². The Morgan fingerprint density at radius 2 is 1.96 bits per heavy atom. The van der Waals surface area contributed by atoms with Crippen molar-refractivity contribution in [1.29, 1.82) is 0 Å². The summed E-state index contributed by atoms with van der Waals surface area (Å²) in [6, 6.07) is 4.27. The molecule has 0 amide bonds. The molecule has 0 radical (unpaired) electrons. The van der Waals surface area contributed by atoms with Crippen molar-refractivity contribution in [3.8, 4) is 5.95 Å². The molecular formula is C19H21N7OS. The molecule has 4 aromatic rings. The van der Waals surface area contributed by atoms with Gasteiger partial charge in [0.25, 0.3) is 0 Å². The van der Waals surface area contributed by atoms with Crippen LogP contribution in [0.15, 0.2) is 42.1 Å². The number of fused-ring (bicyclic) bond motifs is 1. The van der Waals surface area contributed by atoms with Gasteiger partial charge in [0.15, 0.2) is 0 Å². The largest absolute Gasteiger partial charge is 0.326 e. The maximum absolute atomic E-state index is 11.6. The van der Waals surface area contributed by atoms with Crippen LogP contribution in [0.25, 0.3) is 17.0 Å². The molecule has 0 saturated heterocycles. The van der Waals surface area contributed by atoms with E-state index in [2.05, 4.69) is 49.4 Å². The van der Waals surface area contributed by atoms with Gasteiger partial charge in [0.2, 0.25) is 5.95 Å². The molecule has 0 spiro atoms. The zero-order valence-electron chi connectivity index (χ0n) is 16.2. The summed E-state index contributed by atoms with van der Waals surface area (Å²) in [5.41, 5.74) is 3.74. The second-order valence-corrected chi connectivity index (χ2v) is 8.21. The third-order valence-electron chi connectivity index (χ3n) is 4.47. The Kier molecular flexibility index (Phi) is 4.76. The van der Waals surface area contributed by atoms with Gasteiger partial charge >= 0.3 is 0 Å². The van der Waals surface area contributed by atoms with E-state index < -0.39 is 10.8 Å². The van der Waals surface area contributed by atoms with Gasteiger partial charge in [-0.1, -0.05) is 0 Å². The fourth-order valence-corrected chi connectivity index (χ4v) is 3.72. The van der Waals surface area contributed by atoms with Crippen LogP contribution in [-0.2, 0) is 17.2 Å². The molecule has 0 aliphatic rings. The van der Waals surface area contributed by atoms with Crippen LogP contribution in [0.2, 0.25) is 0 Å². The molecule has 0 aromatic carbocycles. The van der Waals surface area contributed by atoms with E-state index in [0.717, 1.165) is 28.2 Å². The Morgan fingerprint density at radius 1 is 1.14 bits per heavy atom. The first-order valence-corrected chi connectivity index (χ1v) is 10.5. The molecule has 28 heavy (non-hydrogen) atoms. The van der Waals surface area contributed by atoms with Crippen molar-refractivity contribution >= 4 is 21.8 Å². The zero-order valence-corrected chi connectivity index (χ0v) is 17.0. The molecule has 0 aliphatic carbocycles. The smallest absolute Gasteiger partial charge is 0.235 e. The van der Waals surface area contributed by atoms with E-state index in [1.54, 1.807) is 29.5 Å². The Labute approximate surface area is 165 Å². The first-order valence-electron chi connectivity index (χ1n) is 8.95. The molecule has 4 rings (SSSR count). The monoisotopic (exact) mass is 395 g/mol. The molecular weight excluding hydrogens is 374 g/mol. The lowest BCUT2D eigenvalue weighted by Crippen LogP contribution is -2.04. The predicted octanol–water partition coefficient (Wildman–Crippen LogP) is 2.62. The van der Waals surface area contributed by atoms with E-state index in [1.165, 1.54) is 0 Å². The van der Waals surface area contributed by atoms with E-state index in [0.29, 0.717) is 23.4 Å². The van der Waals surface area contributed by atoms with Gasteiger partial charge in [-0.2, -0.15) is 0 Å². The zero-order chi connectivity index (χ0) is 19.8. The molecule has 4 heterocycles. The number of aromatic nitrogens is 7. The molecule has 9 heteroatoms. The number of hydrogen-bond donors (Lipinski definition) is 0. The van der Waals surface area contributed by atoms with Crippen molar-refractivity contribution in [2.24, 2.45) is 0 Å². The van der Waals surface area contributed by atoms with Gasteiger partial charge in [0, 0.05) is 36.8 Å². The van der Waals surface area contributed by atoms with Crippen LogP contribution < -0.4 is 0 Å².